The lowest BCUT2D eigenvalue weighted by Crippen LogP contribution is -2.44. The minimum Gasteiger partial charge on any atom is -0.483 e. The largest absolute Gasteiger partial charge is 0.483 e. The van der Waals surface area contributed by atoms with Crippen LogP contribution in [0.3, 0.4) is 0 Å². The lowest BCUT2D eigenvalue weighted by atomic mass is 9.87. The van der Waals surface area contributed by atoms with Crippen LogP contribution >= 0.6 is 15.9 Å². The minimum absolute atomic E-state index is 0.0382. The molecule has 1 aliphatic rings. The van der Waals surface area contributed by atoms with E-state index in [1.54, 1.807) is 4.90 Å². The standard InChI is InChI=1S/C18H24BrNO4/c1-18(2,3)13-6-7-15(14(19)9-13)24-11-16(21)20-8-4-5-12(10-20)17(22)23/h6-7,9,12H,4-5,8,10-11H2,1-3H3,(H,22,23). The first-order valence-corrected chi connectivity index (χ1v) is 8.91. The fourth-order valence-corrected chi connectivity index (χ4v) is 3.21. The Morgan fingerprint density at radius 2 is 2.08 bits per heavy atom. The molecule has 24 heavy (non-hydrogen) atoms. The van der Waals surface area contributed by atoms with Gasteiger partial charge in [-0.1, -0.05) is 26.8 Å². The summed E-state index contributed by atoms with van der Waals surface area (Å²) in [7, 11) is 0. The maximum absolute atomic E-state index is 12.3. The number of ether oxygens (including phenoxy) is 1. The third-order valence-electron chi connectivity index (χ3n) is 4.27. The van der Waals surface area contributed by atoms with Crippen LogP contribution in [0.4, 0.5) is 0 Å². The average Bonchev–Trinajstić information content (AvgIpc) is 2.52. The van der Waals surface area contributed by atoms with E-state index < -0.39 is 11.9 Å². The lowest BCUT2D eigenvalue weighted by molar-refractivity contribution is -0.146. The minimum atomic E-state index is -0.839. The third-order valence-corrected chi connectivity index (χ3v) is 4.89. The van der Waals surface area contributed by atoms with Gasteiger partial charge in [-0.15, -0.1) is 0 Å². The summed E-state index contributed by atoms with van der Waals surface area (Å²) >= 11 is 3.49. The summed E-state index contributed by atoms with van der Waals surface area (Å²) in [6.45, 7) is 7.17. The summed E-state index contributed by atoms with van der Waals surface area (Å²) < 4.78 is 6.44. The average molecular weight is 398 g/mol. The van der Waals surface area contributed by atoms with E-state index in [4.69, 9.17) is 9.84 Å². The molecule has 1 unspecified atom stereocenters. The van der Waals surface area contributed by atoms with Crippen molar-refractivity contribution in [3.8, 4) is 5.75 Å². The van der Waals surface area contributed by atoms with Crippen molar-refractivity contribution < 1.29 is 19.4 Å². The van der Waals surface area contributed by atoms with Crippen LogP contribution in [0.15, 0.2) is 22.7 Å². The Kier molecular flexibility index (Phi) is 5.91. The zero-order valence-electron chi connectivity index (χ0n) is 14.3. The Morgan fingerprint density at radius 3 is 2.67 bits per heavy atom. The molecule has 1 saturated heterocycles. The molecule has 0 aromatic heterocycles. The van der Waals surface area contributed by atoms with Gasteiger partial charge in [0.15, 0.2) is 6.61 Å². The van der Waals surface area contributed by atoms with Gasteiger partial charge in [0, 0.05) is 13.1 Å². The zero-order chi connectivity index (χ0) is 17.9. The maximum Gasteiger partial charge on any atom is 0.308 e. The van der Waals surface area contributed by atoms with Crippen LogP contribution in [0.5, 0.6) is 5.75 Å². The van der Waals surface area contributed by atoms with Crippen LogP contribution in [0, 0.1) is 5.92 Å². The number of likely N-dealkylation sites (tertiary alicyclic amines) is 1. The third kappa shape index (κ3) is 4.72. The van der Waals surface area contributed by atoms with Gasteiger partial charge in [-0.25, -0.2) is 0 Å². The number of carboxylic acid groups (broad SMARTS) is 1. The Hall–Kier alpha value is -1.56. The van der Waals surface area contributed by atoms with E-state index in [0.717, 1.165) is 4.47 Å². The van der Waals surface area contributed by atoms with Gasteiger partial charge >= 0.3 is 5.97 Å². The number of carbonyl (C=O) groups is 2. The number of carboxylic acids is 1. The predicted octanol–water partition coefficient (Wildman–Crippen LogP) is 3.45. The molecule has 5 nitrogen and oxygen atoms in total. The monoisotopic (exact) mass is 397 g/mol. The summed E-state index contributed by atoms with van der Waals surface area (Å²) in [6.07, 6.45) is 1.34. The molecule has 0 aliphatic carbocycles. The molecule has 2 rings (SSSR count). The van der Waals surface area contributed by atoms with Crippen LogP contribution in [0.1, 0.15) is 39.2 Å². The maximum atomic E-state index is 12.3. The van der Waals surface area contributed by atoms with Gasteiger partial charge in [0.1, 0.15) is 5.75 Å². The molecule has 6 heteroatoms. The molecule has 1 aromatic carbocycles. The number of amides is 1. The van der Waals surface area contributed by atoms with Crippen LogP contribution in [-0.4, -0.2) is 41.6 Å². The molecule has 0 bridgehead atoms. The molecule has 132 valence electrons. The number of benzene rings is 1. The van der Waals surface area contributed by atoms with E-state index >= 15 is 0 Å². The number of hydrogen-bond acceptors (Lipinski definition) is 3. The van der Waals surface area contributed by atoms with E-state index in [-0.39, 0.29) is 24.5 Å². The zero-order valence-corrected chi connectivity index (χ0v) is 15.9. The lowest BCUT2D eigenvalue weighted by Gasteiger charge is -2.30. The van der Waals surface area contributed by atoms with Crippen molar-refractivity contribution >= 4 is 27.8 Å². The second-order valence-corrected chi connectivity index (χ2v) is 8.06. The van der Waals surface area contributed by atoms with Gasteiger partial charge < -0.3 is 14.7 Å². The Labute approximate surface area is 151 Å². The molecular weight excluding hydrogens is 374 g/mol. The van der Waals surface area contributed by atoms with Gasteiger partial charge in [0.05, 0.1) is 10.4 Å². The van der Waals surface area contributed by atoms with Crippen LogP contribution < -0.4 is 4.74 Å². The van der Waals surface area contributed by atoms with Crippen molar-refractivity contribution in [2.45, 2.75) is 39.0 Å². The number of carbonyl (C=O) groups excluding carboxylic acids is 1. The van der Waals surface area contributed by atoms with Crippen molar-refractivity contribution in [3.05, 3.63) is 28.2 Å². The van der Waals surface area contributed by atoms with Crippen molar-refractivity contribution in [2.24, 2.45) is 5.92 Å². The summed E-state index contributed by atoms with van der Waals surface area (Å²) in [6, 6.07) is 5.85. The number of nitrogens with zero attached hydrogens (tertiary/aromatic N) is 1. The van der Waals surface area contributed by atoms with Gasteiger partial charge in [-0.05, 0) is 51.9 Å². The van der Waals surface area contributed by atoms with E-state index in [1.165, 1.54) is 5.56 Å². The highest BCUT2D eigenvalue weighted by atomic mass is 79.9. The Morgan fingerprint density at radius 1 is 1.38 bits per heavy atom. The summed E-state index contributed by atoms with van der Waals surface area (Å²) in [5, 5.41) is 9.10. The molecule has 1 aromatic rings. The quantitative estimate of drug-likeness (QED) is 0.844. The van der Waals surface area contributed by atoms with Gasteiger partial charge in [-0.3, -0.25) is 9.59 Å². The number of halogens is 1. The number of hydrogen-bond donors (Lipinski definition) is 1. The Bertz CT molecular complexity index is 624. The van der Waals surface area contributed by atoms with Gasteiger partial charge in [0.25, 0.3) is 5.91 Å². The van der Waals surface area contributed by atoms with Gasteiger partial charge in [-0.2, -0.15) is 0 Å². The first-order valence-electron chi connectivity index (χ1n) is 8.12. The fourth-order valence-electron chi connectivity index (χ4n) is 2.72. The topological polar surface area (TPSA) is 66.8 Å². The van der Waals surface area contributed by atoms with Crippen LogP contribution in [0.25, 0.3) is 0 Å². The summed E-state index contributed by atoms with van der Waals surface area (Å²) in [5.74, 6) is -0.870. The highest BCUT2D eigenvalue weighted by Crippen LogP contribution is 2.31. The number of rotatable bonds is 4. The molecule has 1 heterocycles. The SMILES string of the molecule is CC(C)(C)c1ccc(OCC(=O)N2CCCC(C(=O)O)C2)c(Br)c1. The van der Waals surface area contributed by atoms with E-state index in [1.807, 2.05) is 18.2 Å². The number of aliphatic carboxylic acids is 1. The summed E-state index contributed by atoms with van der Waals surface area (Å²) in [4.78, 5) is 24.9. The first kappa shape index (κ1) is 18.8. The molecular formula is C18H24BrNO4. The normalized spacial score (nSPS) is 18.3. The molecule has 0 saturated carbocycles. The molecule has 0 spiro atoms. The molecule has 1 atom stereocenters. The van der Waals surface area contributed by atoms with Crippen molar-refractivity contribution in [2.75, 3.05) is 19.7 Å². The van der Waals surface area contributed by atoms with E-state index in [2.05, 4.69) is 36.7 Å². The second-order valence-electron chi connectivity index (χ2n) is 7.20. The molecule has 1 aliphatic heterocycles. The van der Waals surface area contributed by atoms with Crippen molar-refractivity contribution in [1.29, 1.82) is 0 Å². The van der Waals surface area contributed by atoms with Crippen LogP contribution in [0.2, 0.25) is 0 Å². The highest BCUT2D eigenvalue weighted by Gasteiger charge is 2.28. The van der Waals surface area contributed by atoms with E-state index in [0.29, 0.717) is 25.1 Å². The van der Waals surface area contributed by atoms with E-state index in [9.17, 15) is 9.59 Å². The number of piperidine rings is 1. The molecule has 0 radical (unpaired) electrons. The van der Waals surface area contributed by atoms with Gasteiger partial charge in [0.2, 0.25) is 0 Å². The predicted molar refractivity (Wildman–Crippen MR) is 95.3 cm³/mol. The summed E-state index contributed by atoms with van der Waals surface area (Å²) in [5.41, 5.74) is 1.21. The second kappa shape index (κ2) is 7.55. The molecule has 1 N–H and O–H groups in total. The fraction of sp³-hybridized carbons (Fsp3) is 0.556. The van der Waals surface area contributed by atoms with Crippen molar-refractivity contribution in [3.63, 3.8) is 0 Å². The molecule has 1 amide bonds. The smallest absolute Gasteiger partial charge is 0.308 e. The van der Waals surface area contributed by atoms with Crippen LogP contribution in [-0.2, 0) is 15.0 Å². The Balaban J connectivity index is 1.95. The first-order chi connectivity index (χ1) is 11.2. The van der Waals surface area contributed by atoms with Crippen molar-refractivity contribution in [1.82, 2.24) is 4.90 Å². The highest BCUT2D eigenvalue weighted by molar-refractivity contribution is 9.10. The molecule has 1 fully saturated rings.